The van der Waals surface area contributed by atoms with Gasteiger partial charge < -0.3 is 5.11 Å². The predicted molar refractivity (Wildman–Crippen MR) is 69.1 cm³/mol. The minimum absolute atomic E-state index is 0.296. The lowest BCUT2D eigenvalue weighted by Crippen LogP contribution is -2.33. The third kappa shape index (κ3) is 2.91. The van der Waals surface area contributed by atoms with Gasteiger partial charge in [0.2, 0.25) is 0 Å². The van der Waals surface area contributed by atoms with Crippen molar-refractivity contribution < 1.29 is 5.11 Å². The van der Waals surface area contributed by atoms with Crippen molar-refractivity contribution in [3.63, 3.8) is 0 Å². The van der Waals surface area contributed by atoms with E-state index in [0.29, 0.717) is 15.7 Å². The first-order chi connectivity index (χ1) is 8.99. The molecule has 0 bridgehead atoms. The number of aromatic nitrogens is 4. The van der Waals surface area contributed by atoms with Gasteiger partial charge in [0, 0.05) is 18.8 Å². The molecule has 2 N–H and O–H groups in total. The molecular weight excluding hydrogens is 268 g/mol. The maximum absolute atomic E-state index is 11.2. The van der Waals surface area contributed by atoms with E-state index in [1.165, 1.54) is 4.68 Å². The highest BCUT2D eigenvalue weighted by Gasteiger charge is 2.13. The van der Waals surface area contributed by atoms with Crippen LogP contribution in [0.5, 0.6) is 0 Å². The average molecular weight is 280 g/mol. The number of aromatic amines is 1. The zero-order chi connectivity index (χ0) is 14.0. The Morgan fingerprint density at radius 3 is 2.89 bits per heavy atom. The van der Waals surface area contributed by atoms with Crippen LogP contribution in [0.1, 0.15) is 18.6 Å². The fourth-order valence-electron chi connectivity index (χ4n) is 1.44. The molecule has 7 nitrogen and oxygen atoms in total. The summed E-state index contributed by atoms with van der Waals surface area (Å²) in [6.07, 6.45) is 0.897. The SMILES string of the molecule is C[C@@H](O)c1cccnc1Sc1nc(=O)c(=O)[nH]n1C. The van der Waals surface area contributed by atoms with Crippen LogP contribution in [0.25, 0.3) is 0 Å². The maximum Gasteiger partial charge on any atom is 0.339 e. The monoisotopic (exact) mass is 280 g/mol. The molecule has 2 aromatic heterocycles. The zero-order valence-electron chi connectivity index (χ0n) is 10.3. The molecule has 0 aliphatic rings. The average Bonchev–Trinajstić information content (AvgIpc) is 2.36. The zero-order valence-corrected chi connectivity index (χ0v) is 11.1. The van der Waals surface area contributed by atoms with Gasteiger partial charge in [0.25, 0.3) is 0 Å². The van der Waals surface area contributed by atoms with Gasteiger partial charge in [-0.3, -0.25) is 19.4 Å². The summed E-state index contributed by atoms with van der Waals surface area (Å²) in [5.41, 5.74) is -0.994. The van der Waals surface area contributed by atoms with E-state index in [2.05, 4.69) is 15.1 Å². The molecule has 1 atom stereocenters. The van der Waals surface area contributed by atoms with Gasteiger partial charge in [-0.1, -0.05) is 6.07 Å². The Bertz CT molecular complexity index is 708. The fourth-order valence-corrected chi connectivity index (χ4v) is 2.40. The summed E-state index contributed by atoms with van der Waals surface area (Å²) in [5.74, 6) is 0. The van der Waals surface area contributed by atoms with Gasteiger partial charge in [-0.05, 0) is 24.8 Å². The lowest BCUT2D eigenvalue weighted by Gasteiger charge is -2.10. The van der Waals surface area contributed by atoms with E-state index in [-0.39, 0.29) is 0 Å². The number of hydrogen-bond acceptors (Lipinski definition) is 6. The van der Waals surface area contributed by atoms with Crippen LogP contribution >= 0.6 is 11.8 Å². The Balaban J connectivity index is 2.45. The Hall–Kier alpha value is -1.93. The van der Waals surface area contributed by atoms with Crippen molar-refractivity contribution in [2.45, 2.75) is 23.2 Å². The van der Waals surface area contributed by atoms with Gasteiger partial charge in [0.05, 0.1) is 6.10 Å². The highest BCUT2D eigenvalue weighted by molar-refractivity contribution is 7.99. The van der Waals surface area contributed by atoms with Crippen LogP contribution in [0.4, 0.5) is 0 Å². The molecule has 0 radical (unpaired) electrons. The van der Waals surface area contributed by atoms with Crippen LogP contribution in [-0.4, -0.2) is 24.9 Å². The fraction of sp³-hybridized carbons (Fsp3) is 0.273. The third-order valence-electron chi connectivity index (χ3n) is 2.39. The molecule has 0 aliphatic heterocycles. The lowest BCUT2D eigenvalue weighted by molar-refractivity contribution is 0.195. The summed E-state index contributed by atoms with van der Waals surface area (Å²) in [7, 11) is 1.57. The highest BCUT2D eigenvalue weighted by atomic mass is 32.2. The quantitative estimate of drug-likeness (QED) is 0.771. The molecule has 2 aromatic rings. The molecule has 19 heavy (non-hydrogen) atoms. The largest absolute Gasteiger partial charge is 0.389 e. The van der Waals surface area contributed by atoms with Crippen LogP contribution in [0.15, 0.2) is 38.1 Å². The Morgan fingerprint density at radius 2 is 2.21 bits per heavy atom. The molecule has 0 spiro atoms. The highest BCUT2D eigenvalue weighted by Crippen LogP contribution is 2.28. The van der Waals surface area contributed by atoms with E-state index < -0.39 is 17.2 Å². The second-order valence-corrected chi connectivity index (χ2v) is 4.83. The number of nitrogens with zero attached hydrogens (tertiary/aromatic N) is 3. The Morgan fingerprint density at radius 1 is 1.47 bits per heavy atom. The Labute approximate surface area is 112 Å². The normalized spacial score (nSPS) is 12.4. The van der Waals surface area contributed by atoms with Crippen LogP contribution in [0.2, 0.25) is 0 Å². The number of aliphatic hydroxyl groups excluding tert-OH is 1. The van der Waals surface area contributed by atoms with Gasteiger partial charge in [-0.2, -0.15) is 4.98 Å². The van der Waals surface area contributed by atoms with Crippen molar-refractivity contribution in [1.29, 1.82) is 0 Å². The van der Waals surface area contributed by atoms with E-state index in [0.717, 1.165) is 11.8 Å². The molecule has 0 fully saturated rings. The molecule has 2 heterocycles. The molecule has 0 aliphatic carbocycles. The molecule has 8 heteroatoms. The predicted octanol–water partition coefficient (Wildman–Crippen LogP) is 0.0681. The minimum atomic E-state index is -0.852. The van der Waals surface area contributed by atoms with E-state index >= 15 is 0 Å². The first-order valence-electron chi connectivity index (χ1n) is 5.47. The van der Waals surface area contributed by atoms with Crippen LogP contribution in [-0.2, 0) is 7.05 Å². The van der Waals surface area contributed by atoms with Gasteiger partial charge in [-0.15, -0.1) is 0 Å². The van der Waals surface area contributed by atoms with Crippen molar-refractivity contribution >= 4 is 11.8 Å². The molecule has 0 saturated carbocycles. The first-order valence-corrected chi connectivity index (χ1v) is 6.29. The molecular formula is C11H12N4O3S. The Kier molecular flexibility index (Phi) is 3.82. The molecule has 0 amide bonds. The number of H-pyrrole nitrogens is 1. The summed E-state index contributed by atoms with van der Waals surface area (Å²) in [6.45, 7) is 1.63. The van der Waals surface area contributed by atoms with E-state index in [1.807, 2.05) is 0 Å². The van der Waals surface area contributed by atoms with E-state index in [4.69, 9.17) is 0 Å². The summed E-state index contributed by atoms with van der Waals surface area (Å²) in [4.78, 5) is 30.2. The number of pyridine rings is 1. The van der Waals surface area contributed by atoms with E-state index in [1.54, 1.807) is 32.3 Å². The first kappa shape index (κ1) is 13.5. The van der Waals surface area contributed by atoms with Crippen LogP contribution < -0.4 is 11.1 Å². The number of nitrogens with one attached hydrogen (secondary N) is 1. The van der Waals surface area contributed by atoms with Crippen molar-refractivity contribution in [3.05, 3.63) is 44.6 Å². The van der Waals surface area contributed by atoms with Crippen molar-refractivity contribution in [2.24, 2.45) is 7.05 Å². The number of hydrogen-bond donors (Lipinski definition) is 2. The van der Waals surface area contributed by atoms with Crippen LogP contribution in [0, 0.1) is 0 Å². The van der Waals surface area contributed by atoms with Crippen molar-refractivity contribution in [2.75, 3.05) is 0 Å². The summed E-state index contributed by atoms with van der Waals surface area (Å²) >= 11 is 1.10. The molecule has 0 saturated heterocycles. The number of aryl methyl sites for hydroxylation is 1. The van der Waals surface area contributed by atoms with Crippen LogP contribution in [0.3, 0.4) is 0 Å². The standard InChI is InChI=1S/C11H12N4O3S/c1-6(16)7-4-3-5-12-10(7)19-11-13-8(17)9(18)14-15(11)2/h3-6,16H,1-2H3,(H,14,18)/t6-/m1/s1. The second-order valence-electron chi connectivity index (χ2n) is 3.88. The van der Waals surface area contributed by atoms with Gasteiger partial charge in [0.1, 0.15) is 5.03 Å². The smallest absolute Gasteiger partial charge is 0.339 e. The molecule has 0 unspecified atom stereocenters. The topological polar surface area (TPSA) is 101 Å². The molecule has 0 aromatic carbocycles. The molecule has 2 rings (SSSR count). The maximum atomic E-state index is 11.2. The van der Waals surface area contributed by atoms with E-state index in [9.17, 15) is 14.7 Å². The van der Waals surface area contributed by atoms with Gasteiger partial charge in [-0.25, -0.2) is 4.98 Å². The second kappa shape index (κ2) is 5.37. The van der Waals surface area contributed by atoms with Crippen molar-refractivity contribution in [3.8, 4) is 0 Å². The van der Waals surface area contributed by atoms with Crippen molar-refractivity contribution in [1.82, 2.24) is 19.7 Å². The summed E-state index contributed by atoms with van der Waals surface area (Å²) in [5, 5.41) is 12.8. The molecule has 100 valence electrons. The summed E-state index contributed by atoms with van der Waals surface area (Å²) < 4.78 is 1.34. The summed E-state index contributed by atoms with van der Waals surface area (Å²) in [6, 6.07) is 3.45. The third-order valence-corrected chi connectivity index (χ3v) is 3.47. The number of rotatable bonds is 3. The lowest BCUT2D eigenvalue weighted by atomic mass is 10.2. The number of aliphatic hydroxyl groups is 1. The van der Waals surface area contributed by atoms with Gasteiger partial charge >= 0.3 is 11.1 Å². The van der Waals surface area contributed by atoms with Gasteiger partial charge in [0.15, 0.2) is 5.16 Å². The minimum Gasteiger partial charge on any atom is -0.389 e.